The first-order chi connectivity index (χ1) is 12.8. The fourth-order valence-electron chi connectivity index (χ4n) is 4.64. The average Bonchev–Trinajstić information content (AvgIpc) is 3.06. The van der Waals surface area contributed by atoms with Crippen LogP contribution in [0.4, 0.5) is 0 Å². The molecule has 1 saturated heterocycles. The lowest BCUT2D eigenvalue weighted by Gasteiger charge is -2.35. The van der Waals surface area contributed by atoms with Crippen molar-refractivity contribution >= 4 is 11.0 Å². The third kappa shape index (κ3) is 4.40. The number of likely N-dealkylation sites (tertiary alicyclic amines) is 1. The molecule has 0 amide bonds. The molecule has 4 heteroatoms. The molecular weight excluding hydrogens is 324 g/mol. The lowest BCUT2D eigenvalue weighted by atomic mass is 9.87. The molecule has 26 heavy (non-hydrogen) atoms. The predicted octanol–water partition coefficient (Wildman–Crippen LogP) is 5.20. The van der Waals surface area contributed by atoms with E-state index in [2.05, 4.69) is 23.0 Å². The summed E-state index contributed by atoms with van der Waals surface area (Å²) in [6.07, 6.45) is 11.0. The van der Waals surface area contributed by atoms with Crippen LogP contribution >= 0.6 is 0 Å². The standard InChI is InChI=1S/C22H32N2O2/c1-17-7-8-20-21(15-17)26-23-22(20)25-14-11-18-9-12-24(13-10-18)16-19-5-3-2-4-6-19/h7-8,15,18-19H,2-6,9-14,16H2,1H3. The number of rotatable bonds is 6. The Kier molecular flexibility index (Phi) is 5.78. The van der Waals surface area contributed by atoms with E-state index in [1.165, 1.54) is 70.1 Å². The summed E-state index contributed by atoms with van der Waals surface area (Å²) in [5.41, 5.74) is 2.00. The predicted molar refractivity (Wildman–Crippen MR) is 105 cm³/mol. The highest BCUT2D eigenvalue weighted by Crippen LogP contribution is 2.28. The van der Waals surface area contributed by atoms with Crippen LogP contribution in [0.1, 0.15) is 56.9 Å². The molecule has 2 aromatic rings. The van der Waals surface area contributed by atoms with Gasteiger partial charge in [0.2, 0.25) is 0 Å². The zero-order valence-corrected chi connectivity index (χ0v) is 16.1. The molecule has 1 aromatic heterocycles. The summed E-state index contributed by atoms with van der Waals surface area (Å²) in [6.45, 7) is 6.68. The average molecular weight is 357 g/mol. The van der Waals surface area contributed by atoms with E-state index in [1.54, 1.807) is 0 Å². The van der Waals surface area contributed by atoms with Crippen molar-refractivity contribution < 1.29 is 9.26 Å². The molecule has 2 fully saturated rings. The van der Waals surface area contributed by atoms with Gasteiger partial charge in [0.15, 0.2) is 5.58 Å². The third-order valence-electron chi connectivity index (χ3n) is 6.31. The maximum atomic E-state index is 5.93. The number of hydrogen-bond acceptors (Lipinski definition) is 4. The van der Waals surface area contributed by atoms with Crippen molar-refractivity contribution in [2.45, 2.75) is 58.3 Å². The molecule has 0 bridgehead atoms. The first-order valence-corrected chi connectivity index (χ1v) is 10.5. The molecule has 0 spiro atoms. The number of ether oxygens (including phenoxy) is 1. The molecule has 2 heterocycles. The normalized spacial score (nSPS) is 20.7. The number of aromatic nitrogens is 1. The maximum absolute atomic E-state index is 5.93. The summed E-state index contributed by atoms with van der Waals surface area (Å²) in [7, 11) is 0. The number of piperidine rings is 1. The van der Waals surface area contributed by atoms with Crippen molar-refractivity contribution in [2.24, 2.45) is 11.8 Å². The van der Waals surface area contributed by atoms with Crippen molar-refractivity contribution in [1.82, 2.24) is 10.1 Å². The SMILES string of the molecule is Cc1ccc2c(OCCC3CCN(CC4CCCCC4)CC3)noc2c1. The van der Waals surface area contributed by atoms with Crippen molar-refractivity contribution in [1.29, 1.82) is 0 Å². The van der Waals surface area contributed by atoms with E-state index in [1.807, 2.05) is 12.1 Å². The number of nitrogens with zero attached hydrogens (tertiary/aromatic N) is 2. The van der Waals surface area contributed by atoms with E-state index >= 15 is 0 Å². The van der Waals surface area contributed by atoms with Gasteiger partial charge in [0, 0.05) is 6.54 Å². The summed E-state index contributed by atoms with van der Waals surface area (Å²) in [5, 5.41) is 5.07. The van der Waals surface area contributed by atoms with Gasteiger partial charge in [-0.15, -0.1) is 0 Å². The molecule has 1 aliphatic heterocycles. The highest BCUT2D eigenvalue weighted by atomic mass is 16.5. The Hall–Kier alpha value is -1.55. The Labute approximate surface area is 156 Å². The van der Waals surface area contributed by atoms with E-state index in [0.29, 0.717) is 5.88 Å². The Morgan fingerprint density at radius 2 is 1.88 bits per heavy atom. The topological polar surface area (TPSA) is 38.5 Å². The molecule has 2 aliphatic rings. The summed E-state index contributed by atoms with van der Waals surface area (Å²) in [5.74, 6) is 2.40. The van der Waals surface area contributed by atoms with Crippen molar-refractivity contribution in [3.63, 3.8) is 0 Å². The van der Waals surface area contributed by atoms with E-state index in [9.17, 15) is 0 Å². The van der Waals surface area contributed by atoms with Gasteiger partial charge in [0.05, 0.1) is 12.0 Å². The third-order valence-corrected chi connectivity index (χ3v) is 6.31. The highest BCUT2D eigenvalue weighted by molar-refractivity contribution is 5.82. The van der Waals surface area contributed by atoms with Crippen LogP contribution in [-0.2, 0) is 0 Å². The minimum absolute atomic E-state index is 0.648. The summed E-state index contributed by atoms with van der Waals surface area (Å²) in [4.78, 5) is 2.71. The molecule has 0 unspecified atom stereocenters. The molecular formula is C22H32N2O2. The molecule has 1 saturated carbocycles. The zero-order chi connectivity index (χ0) is 17.8. The van der Waals surface area contributed by atoms with Gasteiger partial charge in [-0.1, -0.05) is 25.3 Å². The van der Waals surface area contributed by atoms with Gasteiger partial charge in [-0.2, -0.15) is 0 Å². The van der Waals surface area contributed by atoms with E-state index in [0.717, 1.165) is 35.8 Å². The van der Waals surface area contributed by atoms with Crippen LogP contribution in [0.25, 0.3) is 11.0 Å². The Balaban J connectivity index is 1.19. The molecule has 0 radical (unpaired) electrons. The van der Waals surface area contributed by atoms with Gasteiger partial charge in [0.25, 0.3) is 5.88 Å². The van der Waals surface area contributed by atoms with Crippen LogP contribution in [0.15, 0.2) is 22.7 Å². The van der Waals surface area contributed by atoms with Crippen molar-refractivity contribution in [3.8, 4) is 5.88 Å². The Bertz CT molecular complexity index is 697. The largest absolute Gasteiger partial charge is 0.475 e. The number of hydrogen-bond donors (Lipinski definition) is 0. The number of aryl methyl sites for hydroxylation is 1. The Morgan fingerprint density at radius 3 is 2.69 bits per heavy atom. The maximum Gasteiger partial charge on any atom is 0.262 e. The van der Waals surface area contributed by atoms with Crippen LogP contribution < -0.4 is 4.74 Å². The monoisotopic (exact) mass is 356 g/mol. The van der Waals surface area contributed by atoms with E-state index in [4.69, 9.17) is 9.26 Å². The molecule has 4 nitrogen and oxygen atoms in total. The molecule has 1 aromatic carbocycles. The number of benzene rings is 1. The van der Waals surface area contributed by atoms with Gasteiger partial charge < -0.3 is 14.2 Å². The second-order valence-corrected chi connectivity index (χ2v) is 8.37. The van der Waals surface area contributed by atoms with Gasteiger partial charge in [-0.25, -0.2) is 0 Å². The van der Waals surface area contributed by atoms with E-state index in [-0.39, 0.29) is 0 Å². The lowest BCUT2D eigenvalue weighted by molar-refractivity contribution is 0.133. The number of fused-ring (bicyclic) bond motifs is 1. The van der Waals surface area contributed by atoms with Gasteiger partial charge in [-0.3, -0.25) is 0 Å². The highest BCUT2D eigenvalue weighted by Gasteiger charge is 2.23. The summed E-state index contributed by atoms with van der Waals surface area (Å²) >= 11 is 0. The molecule has 1 aliphatic carbocycles. The van der Waals surface area contributed by atoms with Gasteiger partial charge in [0.1, 0.15) is 0 Å². The van der Waals surface area contributed by atoms with Gasteiger partial charge in [-0.05, 0) is 86.8 Å². The fourth-order valence-corrected chi connectivity index (χ4v) is 4.64. The van der Waals surface area contributed by atoms with Gasteiger partial charge >= 0.3 is 0 Å². The van der Waals surface area contributed by atoms with E-state index < -0.39 is 0 Å². The molecule has 0 N–H and O–H groups in total. The summed E-state index contributed by atoms with van der Waals surface area (Å²) in [6, 6.07) is 6.13. The smallest absolute Gasteiger partial charge is 0.262 e. The van der Waals surface area contributed by atoms with Crippen molar-refractivity contribution in [2.75, 3.05) is 26.2 Å². The molecule has 4 rings (SSSR count). The quantitative estimate of drug-likeness (QED) is 0.713. The fraction of sp³-hybridized carbons (Fsp3) is 0.682. The second-order valence-electron chi connectivity index (χ2n) is 8.37. The minimum atomic E-state index is 0.648. The summed E-state index contributed by atoms with van der Waals surface area (Å²) < 4.78 is 11.3. The van der Waals surface area contributed by atoms with Crippen LogP contribution in [0.3, 0.4) is 0 Å². The van der Waals surface area contributed by atoms with Crippen LogP contribution in [-0.4, -0.2) is 36.3 Å². The second kappa shape index (κ2) is 8.43. The minimum Gasteiger partial charge on any atom is -0.475 e. The first-order valence-electron chi connectivity index (χ1n) is 10.5. The molecule has 0 atom stereocenters. The van der Waals surface area contributed by atoms with Crippen LogP contribution in [0.2, 0.25) is 0 Å². The zero-order valence-electron chi connectivity index (χ0n) is 16.1. The van der Waals surface area contributed by atoms with Crippen LogP contribution in [0.5, 0.6) is 5.88 Å². The van der Waals surface area contributed by atoms with Crippen LogP contribution in [0, 0.1) is 18.8 Å². The lowest BCUT2D eigenvalue weighted by Crippen LogP contribution is -2.37. The molecule has 142 valence electrons. The first kappa shape index (κ1) is 17.8. The Morgan fingerprint density at radius 1 is 1.08 bits per heavy atom. The van der Waals surface area contributed by atoms with Crippen molar-refractivity contribution in [3.05, 3.63) is 23.8 Å².